The Balaban J connectivity index is 1.28. The van der Waals surface area contributed by atoms with Crippen LogP contribution in [0.4, 0.5) is 0 Å². The fourth-order valence-corrected chi connectivity index (χ4v) is 3.42. The molecule has 0 radical (unpaired) electrons. The van der Waals surface area contributed by atoms with E-state index in [1.165, 1.54) is 0 Å². The monoisotopic (exact) mass is 377 g/mol. The number of likely N-dealkylation sites (tertiary alicyclic amines) is 1. The second-order valence-corrected chi connectivity index (χ2v) is 7.02. The van der Waals surface area contributed by atoms with Gasteiger partial charge >= 0.3 is 0 Å². The molecule has 0 spiro atoms. The first-order chi connectivity index (χ1) is 13.8. The van der Waals surface area contributed by atoms with E-state index in [2.05, 4.69) is 15.3 Å². The number of rotatable bonds is 6. The lowest BCUT2D eigenvalue weighted by molar-refractivity contribution is 0.0680. The van der Waals surface area contributed by atoms with E-state index in [4.69, 9.17) is 4.74 Å². The van der Waals surface area contributed by atoms with Crippen molar-refractivity contribution in [2.45, 2.75) is 26.0 Å². The summed E-state index contributed by atoms with van der Waals surface area (Å²) in [5, 5.41) is 7.86. The molecule has 2 aromatic heterocycles. The van der Waals surface area contributed by atoms with E-state index in [9.17, 15) is 4.79 Å². The van der Waals surface area contributed by atoms with Crippen molar-refractivity contribution >= 4 is 5.91 Å². The van der Waals surface area contributed by atoms with Gasteiger partial charge in [-0.3, -0.25) is 9.48 Å². The summed E-state index contributed by atoms with van der Waals surface area (Å²) < 4.78 is 7.55. The normalized spacial score (nSPS) is 14.8. The third-order valence-electron chi connectivity index (χ3n) is 5.03. The van der Waals surface area contributed by atoms with E-state index in [1.807, 2.05) is 46.1 Å². The molecule has 0 saturated carbocycles. The first-order valence-corrected chi connectivity index (χ1v) is 9.54. The maximum atomic E-state index is 12.7. The third kappa shape index (κ3) is 4.54. The Kier molecular flexibility index (Phi) is 5.61. The van der Waals surface area contributed by atoms with Crippen LogP contribution in [0.1, 0.15) is 28.8 Å². The largest absolute Gasteiger partial charge is 0.473 e. The molecule has 0 unspecified atom stereocenters. The lowest BCUT2D eigenvalue weighted by atomic mass is 9.96. The van der Waals surface area contributed by atoms with Gasteiger partial charge in [-0.25, -0.2) is 4.98 Å². The number of carbonyl (C=O) groups is 1. The van der Waals surface area contributed by atoms with Crippen molar-refractivity contribution in [1.82, 2.24) is 24.9 Å². The molecule has 0 N–H and O–H groups in total. The van der Waals surface area contributed by atoms with Crippen LogP contribution >= 0.6 is 0 Å². The topological polar surface area (TPSA) is 73.1 Å². The van der Waals surface area contributed by atoms with Crippen molar-refractivity contribution in [3.8, 4) is 5.88 Å². The molecular formula is C21H23N5O2. The number of pyridine rings is 1. The summed E-state index contributed by atoms with van der Waals surface area (Å²) in [4.78, 5) is 18.9. The molecule has 1 aliphatic rings. The summed E-state index contributed by atoms with van der Waals surface area (Å²) in [6.45, 7) is 2.83. The number of aromatic nitrogens is 4. The molecule has 0 atom stereocenters. The minimum atomic E-state index is 0.0290. The molecule has 1 fully saturated rings. The number of ether oxygens (including phenoxy) is 1. The molecule has 1 saturated heterocycles. The number of hydrogen-bond donors (Lipinski definition) is 0. The first-order valence-electron chi connectivity index (χ1n) is 9.54. The summed E-state index contributed by atoms with van der Waals surface area (Å²) in [6, 6.07) is 13.5. The molecular weight excluding hydrogens is 354 g/mol. The van der Waals surface area contributed by atoms with Crippen LogP contribution in [0.3, 0.4) is 0 Å². The van der Waals surface area contributed by atoms with Gasteiger partial charge in [-0.1, -0.05) is 35.5 Å². The Morgan fingerprint density at radius 2 is 1.93 bits per heavy atom. The predicted molar refractivity (Wildman–Crippen MR) is 104 cm³/mol. The Labute approximate surface area is 164 Å². The highest BCUT2D eigenvalue weighted by Crippen LogP contribution is 2.21. The average molecular weight is 377 g/mol. The summed E-state index contributed by atoms with van der Waals surface area (Å²) in [6.07, 6.45) is 7.11. The smallest absolute Gasteiger partial charge is 0.255 e. The fourth-order valence-electron chi connectivity index (χ4n) is 3.42. The molecule has 1 amide bonds. The van der Waals surface area contributed by atoms with Crippen LogP contribution in [-0.2, 0) is 13.2 Å². The van der Waals surface area contributed by atoms with Crippen LogP contribution in [0.25, 0.3) is 0 Å². The summed E-state index contributed by atoms with van der Waals surface area (Å²) >= 11 is 0. The molecule has 7 heteroatoms. The van der Waals surface area contributed by atoms with Crippen LogP contribution in [0.5, 0.6) is 5.88 Å². The summed E-state index contributed by atoms with van der Waals surface area (Å²) in [5.74, 6) is 1.07. The number of piperidine rings is 1. The maximum absolute atomic E-state index is 12.7. The molecule has 7 nitrogen and oxygen atoms in total. The fraction of sp³-hybridized carbons (Fsp3) is 0.333. The maximum Gasteiger partial charge on any atom is 0.255 e. The van der Waals surface area contributed by atoms with Crippen molar-refractivity contribution in [2.75, 3.05) is 13.1 Å². The Hall–Kier alpha value is -3.22. The molecule has 3 aromatic rings. The van der Waals surface area contributed by atoms with Crippen molar-refractivity contribution in [1.29, 1.82) is 0 Å². The van der Waals surface area contributed by atoms with Crippen molar-refractivity contribution in [3.63, 3.8) is 0 Å². The van der Waals surface area contributed by atoms with Gasteiger partial charge in [0.25, 0.3) is 5.91 Å². The second-order valence-electron chi connectivity index (χ2n) is 7.02. The van der Waals surface area contributed by atoms with E-state index < -0.39 is 0 Å². The SMILES string of the molecule is O=C(c1ccc(OCc2ccccc2)nc1)N1CCC(Cn2ccnn2)CC1. The van der Waals surface area contributed by atoms with Gasteiger partial charge in [0, 0.05) is 38.1 Å². The predicted octanol–water partition coefficient (Wildman–Crippen LogP) is 2.80. The van der Waals surface area contributed by atoms with Crippen molar-refractivity contribution < 1.29 is 9.53 Å². The standard InChI is InChI=1S/C21H23N5O2/c27-21(25-11-8-17(9-12-25)15-26-13-10-23-24-26)19-6-7-20(22-14-19)28-16-18-4-2-1-3-5-18/h1-7,10,13-14,17H,8-9,11-12,15-16H2. The van der Waals surface area contributed by atoms with E-state index >= 15 is 0 Å². The Morgan fingerprint density at radius 3 is 2.61 bits per heavy atom. The zero-order valence-corrected chi connectivity index (χ0v) is 15.6. The molecule has 1 aliphatic heterocycles. The van der Waals surface area contributed by atoms with Gasteiger partial charge in [0.05, 0.1) is 11.8 Å². The first kappa shape index (κ1) is 18.2. The number of carbonyl (C=O) groups excluding carboxylic acids is 1. The molecule has 1 aromatic carbocycles. The highest BCUT2D eigenvalue weighted by molar-refractivity contribution is 5.94. The van der Waals surface area contributed by atoms with Gasteiger partial charge in [0.2, 0.25) is 5.88 Å². The molecule has 3 heterocycles. The van der Waals surface area contributed by atoms with E-state index in [0.717, 1.165) is 38.0 Å². The molecule has 144 valence electrons. The van der Waals surface area contributed by atoms with Crippen LogP contribution in [0, 0.1) is 5.92 Å². The highest BCUT2D eigenvalue weighted by atomic mass is 16.5. The number of amides is 1. The molecule has 4 rings (SSSR count). The van der Waals surface area contributed by atoms with Crippen LogP contribution in [-0.4, -0.2) is 43.9 Å². The minimum Gasteiger partial charge on any atom is -0.473 e. The van der Waals surface area contributed by atoms with Crippen LogP contribution < -0.4 is 4.74 Å². The van der Waals surface area contributed by atoms with E-state index in [1.54, 1.807) is 24.5 Å². The zero-order chi connectivity index (χ0) is 19.2. The van der Waals surface area contributed by atoms with Gasteiger partial charge in [0.15, 0.2) is 0 Å². The molecule has 0 aliphatic carbocycles. The van der Waals surface area contributed by atoms with Crippen molar-refractivity contribution in [3.05, 3.63) is 72.2 Å². The Bertz CT molecular complexity index is 873. The number of hydrogen-bond acceptors (Lipinski definition) is 5. The lowest BCUT2D eigenvalue weighted by Crippen LogP contribution is -2.39. The average Bonchev–Trinajstić information content (AvgIpc) is 3.26. The van der Waals surface area contributed by atoms with Gasteiger partial charge in [-0.2, -0.15) is 0 Å². The second kappa shape index (κ2) is 8.65. The van der Waals surface area contributed by atoms with Gasteiger partial charge in [0.1, 0.15) is 6.61 Å². The third-order valence-corrected chi connectivity index (χ3v) is 5.03. The van der Waals surface area contributed by atoms with E-state index in [-0.39, 0.29) is 5.91 Å². The van der Waals surface area contributed by atoms with Gasteiger partial charge in [-0.15, -0.1) is 5.10 Å². The summed E-state index contributed by atoms with van der Waals surface area (Å²) in [7, 11) is 0. The highest BCUT2D eigenvalue weighted by Gasteiger charge is 2.24. The Morgan fingerprint density at radius 1 is 1.11 bits per heavy atom. The van der Waals surface area contributed by atoms with Crippen molar-refractivity contribution in [2.24, 2.45) is 5.92 Å². The number of nitrogens with zero attached hydrogens (tertiary/aromatic N) is 5. The molecule has 0 bridgehead atoms. The van der Waals surface area contributed by atoms with Gasteiger partial charge in [-0.05, 0) is 30.4 Å². The quantitative estimate of drug-likeness (QED) is 0.660. The van der Waals surface area contributed by atoms with Gasteiger partial charge < -0.3 is 9.64 Å². The van der Waals surface area contributed by atoms with Crippen LogP contribution in [0.15, 0.2) is 61.1 Å². The lowest BCUT2D eigenvalue weighted by Gasteiger charge is -2.31. The minimum absolute atomic E-state index is 0.0290. The van der Waals surface area contributed by atoms with E-state index in [0.29, 0.717) is 24.0 Å². The van der Waals surface area contributed by atoms with Crippen LogP contribution in [0.2, 0.25) is 0 Å². The summed E-state index contributed by atoms with van der Waals surface area (Å²) in [5.41, 5.74) is 1.68. The molecule has 28 heavy (non-hydrogen) atoms. The number of benzene rings is 1. The zero-order valence-electron chi connectivity index (χ0n) is 15.6.